The Morgan fingerprint density at radius 2 is 1.64 bits per heavy atom. The number of fused-ring (bicyclic) bond motifs is 1. The van der Waals surface area contributed by atoms with E-state index < -0.39 is 31.2 Å². The first-order valence-electron chi connectivity index (χ1n) is 10.4. The maximum atomic E-state index is 13.1. The zero-order valence-corrected chi connectivity index (χ0v) is 22.9. The van der Waals surface area contributed by atoms with E-state index >= 15 is 0 Å². The Bertz CT molecular complexity index is 1770. The summed E-state index contributed by atoms with van der Waals surface area (Å²) in [4.78, 5) is 25.6. The second kappa shape index (κ2) is 9.75. The molecule has 0 atom stereocenters. The third-order valence-corrected chi connectivity index (χ3v) is 10.7. The van der Waals surface area contributed by atoms with Crippen molar-refractivity contribution in [2.24, 2.45) is 0 Å². The van der Waals surface area contributed by atoms with Crippen LogP contribution in [0.15, 0.2) is 68.6 Å². The predicted molar refractivity (Wildman–Crippen MR) is 142 cm³/mol. The maximum Gasteiger partial charge on any atom is 0.263 e. The molecule has 2 aromatic carbocycles. The van der Waals surface area contributed by atoms with Gasteiger partial charge in [-0.05, 0) is 42.8 Å². The number of aryl methyl sites for hydroxylation is 1. The quantitative estimate of drug-likeness (QED) is 0.313. The summed E-state index contributed by atoms with van der Waals surface area (Å²) >= 11 is 12.4. The van der Waals surface area contributed by atoms with Crippen LogP contribution in [0.1, 0.15) is 11.1 Å². The topological polar surface area (TPSA) is 107 Å². The molecule has 0 spiro atoms. The van der Waals surface area contributed by atoms with E-state index in [1.54, 1.807) is 42.5 Å². The number of hydrogen-bond acceptors (Lipinski definition) is 7. The highest BCUT2D eigenvalue weighted by Crippen LogP contribution is 2.34. The lowest BCUT2D eigenvalue weighted by Crippen LogP contribution is -2.20. The molecule has 0 amide bonds. The van der Waals surface area contributed by atoms with Gasteiger partial charge in [0.2, 0.25) is 0 Å². The average molecular weight is 585 g/mol. The number of thiophene rings is 1. The molecule has 0 N–H and O–H groups in total. The summed E-state index contributed by atoms with van der Waals surface area (Å²) in [5, 5.41) is 0.735. The van der Waals surface area contributed by atoms with E-state index in [9.17, 15) is 26.4 Å². The molecule has 0 aliphatic carbocycles. The second-order valence-corrected chi connectivity index (χ2v) is 14.6. The van der Waals surface area contributed by atoms with Crippen LogP contribution >= 0.6 is 34.5 Å². The molecule has 0 radical (unpaired) electrons. The van der Waals surface area contributed by atoms with Crippen LogP contribution in [0.2, 0.25) is 9.36 Å². The molecule has 36 heavy (non-hydrogen) atoms. The number of rotatable bonds is 7. The van der Waals surface area contributed by atoms with Crippen molar-refractivity contribution in [3.05, 3.63) is 85.6 Å². The molecule has 2 aromatic heterocycles. The molecule has 0 aliphatic heterocycles. The van der Waals surface area contributed by atoms with Gasteiger partial charge in [0.25, 0.3) is 5.56 Å². The number of carbonyl (C=O) groups is 1. The maximum absolute atomic E-state index is 13.1. The van der Waals surface area contributed by atoms with Crippen LogP contribution in [0, 0.1) is 6.92 Å². The fourth-order valence-corrected chi connectivity index (χ4v) is 7.80. The van der Waals surface area contributed by atoms with Gasteiger partial charge in [-0.3, -0.25) is 14.2 Å². The van der Waals surface area contributed by atoms with E-state index in [1.807, 2.05) is 6.92 Å². The highest BCUT2D eigenvalue weighted by atomic mass is 35.5. The summed E-state index contributed by atoms with van der Waals surface area (Å²) in [5.41, 5.74) is 1.37. The number of hydrogen-bond donors (Lipinski definition) is 0. The number of aromatic nitrogens is 1. The number of nitrogens with zero attached hydrogens (tertiary/aromatic N) is 1. The van der Waals surface area contributed by atoms with E-state index in [2.05, 4.69) is 0 Å². The summed E-state index contributed by atoms with van der Waals surface area (Å²) in [7, 11) is -7.52. The van der Waals surface area contributed by atoms with Gasteiger partial charge in [0.15, 0.2) is 25.5 Å². The lowest BCUT2D eigenvalue weighted by atomic mass is 10.1. The molecular formula is C24H19Cl2NO6S3. The fraction of sp³-hybridized carbons (Fsp3) is 0.167. The Morgan fingerprint density at radius 1 is 0.972 bits per heavy atom. The zero-order valence-electron chi connectivity index (χ0n) is 19.0. The van der Waals surface area contributed by atoms with Gasteiger partial charge in [0.05, 0.1) is 9.92 Å². The molecule has 0 unspecified atom stereocenters. The first-order chi connectivity index (χ1) is 16.8. The third-order valence-electron chi connectivity index (χ3n) is 5.43. The second-order valence-electron chi connectivity index (χ2n) is 8.32. The molecule has 0 bridgehead atoms. The van der Waals surface area contributed by atoms with Crippen molar-refractivity contribution in [3.8, 4) is 5.69 Å². The van der Waals surface area contributed by atoms with Crippen molar-refractivity contribution in [1.29, 1.82) is 0 Å². The van der Waals surface area contributed by atoms with E-state index in [4.69, 9.17) is 23.2 Å². The SMILES string of the molecule is Cc1ccc2c(=O)n(-c3ccc(CC(=O)CS(=O)(=O)c4cc(Cl)c(Cl)s4)cc3)cc(S(C)(=O)=O)c2c1. The van der Waals surface area contributed by atoms with Crippen LogP contribution in [0.5, 0.6) is 0 Å². The fourth-order valence-electron chi connectivity index (χ4n) is 3.73. The molecule has 0 fully saturated rings. The van der Waals surface area contributed by atoms with Crippen molar-refractivity contribution < 1.29 is 21.6 Å². The number of halogens is 2. The standard InChI is InChI=1S/C24H19Cl2NO6S3/c1-14-3-8-18-19(9-14)21(35(2,30)31)12-27(24(18)29)16-6-4-15(5-7-16)10-17(28)13-36(32,33)22-11-20(25)23(26)34-22/h3-9,11-12H,10,13H2,1-2H3. The molecule has 12 heteroatoms. The Morgan fingerprint density at radius 3 is 2.22 bits per heavy atom. The molecule has 4 aromatic rings. The Balaban J connectivity index is 1.62. The Kier molecular flexibility index (Phi) is 7.20. The number of carbonyl (C=O) groups excluding carboxylic acids is 1. The highest BCUT2D eigenvalue weighted by molar-refractivity contribution is 7.94. The summed E-state index contributed by atoms with van der Waals surface area (Å²) in [5.74, 6) is -1.23. The van der Waals surface area contributed by atoms with E-state index in [-0.39, 0.29) is 35.8 Å². The first kappa shape index (κ1) is 26.6. The zero-order chi connectivity index (χ0) is 26.4. The number of sulfone groups is 2. The van der Waals surface area contributed by atoms with Crippen LogP contribution in [-0.4, -0.2) is 39.2 Å². The number of Topliss-reactive ketones (excluding diaryl/α,β-unsaturated/α-hetero) is 1. The smallest absolute Gasteiger partial charge is 0.263 e. The predicted octanol–water partition coefficient (Wildman–Crippen LogP) is 4.66. The van der Waals surface area contributed by atoms with Crippen LogP contribution < -0.4 is 5.56 Å². The molecule has 0 aliphatic rings. The summed E-state index contributed by atoms with van der Waals surface area (Å²) in [6, 6.07) is 12.5. The molecular weight excluding hydrogens is 565 g/mol. The average Bonchev–Trinajstić information content (AvgIpc) is 3.12. The molecule has 4 rings (SSSR count). The summed E-state index contributed by atoms with van der Waals surface area (Å²) in [6.07, 6.45) is 2.23. The minimum absolute atomic E-state index is 0.0269. The van der Waals surface area contributed by atoms with Gasteiger partial charge in [-0.1, -0.05) is 47.0 Å². The van der Waals surface area contributed by atoms with Gasteiger partial charge in [0.1, 0.15) is 14.3 Å². The lowest BCUT2D eigenvalue weighted by molar-refractivity contribution is -0.116. The molecule has 0 saturated heterocycles. The van der Waals surface area contributed by atoms with Crippen molar-refractivity contribution in [2.75, 3.05) is 12.0 Å². The third kappa shape index (κ3) is 5.42. The van der Waals surface area contributed by atoms with E-state index in [0.29, 0.717) is 16.6 Å². The molecule has 2 heterocycles. The van der Waals surface area contributed by atoms with Crippen LogP contribution in [0.25, 0.3) is 16.5 Å². The van der Waals surface area contributed by atoms with Crippen molar-refractivity contribution >= 4 is 70.8 Å². The van der Waals surface area contributed by atoms with Gasteiger partial charge in [-0.15, -0.1) is 11.3 Å². The number of benzene rings is 2. The van der Waals surface area contributed by atoms with E-state index in [1.165, 1.54) is 16.8 Å². The van der Waals surface area contributed by atoms with Crippen LogP contribution in [0.3, 0.4) is 0 Å². The number of pyridine rings is 1. The van der Waals surface area contributed by atoms with E-state index in [0.717, 1.165) is 23.2 Å². The summed E-state index contributed by atoms with van der Waals surface area (Å²) < 4.78 is 51.2. The van der Waals surface area contributed by atoms with Gasteiger partial charge in [-0.25, -0.2) is 16.8 Å². The van der Waals surface area contributed by atoms with Gasteiger partial charge >= 0.3 is 0 Å². The molecule has 7 nitrogen and oxygen atoms in total. The van der Waals surface area contributed by atoms with Crippen molar-refractivity contribution in [1.82, 2.24) is 4.57 Å². The number of ketones is 1. The highest BCUT2D eigenvalue weighted by Gasteiger charge is 2.23. The van der Waals surface area contributed by atoms with Crippen LogP contribution in [0.4, 0.5) is 0 Å². The van der Waals surface area contributed by atoms with Gasteiger partial charge in [0, 0.05) is 35.3 Å². The Labute approximate surface area is 221 Å². The normalized spacial score (nSPS) is 12.2. The lowest BCUT2D eigenvalue weighted by Gasteiger charge is -2.12. The van der Waals surface area contributed by atoms with Crippen molar-refractivity contribution in [3.63, 3.8) is 0 Å². The monoisotopic (exact) mass is 583 g/mol. The van der Waals surface area contributed by atoms with Gasteiger partial charge in [-0.2, -0.15) is 0 Å². The largest absolute Gasteiger partial charge is 0.298 e. The van der Waals surface area contributed by atoms with Crippen molar-refractivity contribution in [2.45, 2.75) is 22.4 Å². The van der Waals surface area contributed by atoms with Crippen LogP contribution in [-0.2, 0) is 30.9 Å². The Hall–Kier alpha value is -2.50. The minimum atomic E-state index is -3.88. The minimum Gasteiger partial charge on any atom is -0.298 e. The first-order valence-corrected chi connectivity index (χ1v) is 15.5. The molecule has 0 saturated carbocycles. The van der Waals surface area contributed by atoms with Gasteiger partial charge < -0.3 is 0 Å². The summed E-state index contributed by atoms with van der Waals surface area (Å²) in [6.45, 7) is 1.81. The molecule has 188 valence electrons.